The Balaban J connectivity index is 1.53. The predicted octanol–water partition coefficient (Wildman–Crippen LogP) is 4.86. The van der Waals surface area contributed by atoms with Gasteiger partial charge in [0.05, 0.1) is 41.8 Å². The minimum atomic E-state index is -5.17. The molecule has 2 saturated heterocycles. The SMILES string of the molecule is COc1cc(-c2ccc(F)c(C(F)(F)F)c2)c(C(F)(F)F)cc1N1C(=O)CO[C@H]2CN(S(=O)(=O)Cc3ccon3)CC[C@@H]21. The molecule has 1 amide bonds. The third-order valence-corrected chi connectivity index (χ3v) is 8.97. The fraction of sp³-hybridized carbons (Fsp3) is 0.385. The number of carbonyl (C=O) groups excluding carboxylic acids is 1. The molecule has 1 aromatic heterocycles. The molecule has 0 radical (unpaired) electrons. The molecule has 0 spiro atoms. The zero-order chi connectivity index (χ0) is 31.3. The average molecular weight is 638 g/mol. The van der Waals surface area contributed by atoms with E-state index in [4.69, 9.17) is 9.47 Å². The lowest BCUT2D eigenvalue weighted by molar-refractivity contribution is -0.140. The van der Waals surface area contributed by atoms with Crippen molar-refractivity contribution in [2.75, 3.05) is 31.7 Å². The van der Waals surface area contributed by atoms with Crippen molar-refractivity contribution < 1.29 is 57.9 Å². The lowest BCUT2D eigenvalue weighted by Crippen LogP contribution is -2.62. The highest BCUT2D eigenvalue weighted by Crippen LogP contribution is 2.46. The number of hydrogen-bond donors (Lipinski definition) is 0. The predicted molar refractivity (Wildman–Crippen MR) is 135 cm³/mol. The summed E-state index contributed by atoms with van der Waals surface area (Å²) in [5.74, 6) is -3.14. The molecule has 2 atom stereocenters. The number of rotatable bonds is 6. The van der Waals surface area contributed by atoms with Gasteiger partial charge in [0.2, 0.25) is 10.0 Å². The van der Waals surface area contributed by atoms with E-state index in [0.717, 1.165) is 28.4 Å². The number of methoxy groups -OCH3 is 1. The van der Waals surface area contributed by atoms with Crippen molar-refractivity contribution in [3.63, 3.8) is 0 Å². The Kier molecular flexibility index (Phi) is 7.93. The molecule has 232 valence electrons. The number of morpholine rings is 1. The van der Waals surface area contributed by atoms with E-state index in [1.807, 2.05) is 0 Å². The molecule has 17 heteroatoms. The molecule has 0 aliphatic carbocycles. The number of benzene rings is 2. The highest BCUT2D eigenvalue weighted by atomic mass is 32.2. The number of nitrogens with zero attached hydrogens (tertiary/aromatic N) is 3. The standard InChI is InChI=1S/C26H22F7N3O6S/c1-40-22-9-16(14-2-3-19(27)18(8-14)26(31,32)33)17(25(28,29)30)10-21(22)36-20-4-6-35(11-23(20)41-12-24(36)37)43(38,39)13-15-5-7-42-34-15/h2-3,5,7-10,20,23H,4,6,11-13H2,1H3/t20-,23-/m0/s1. The minimum Gasteiger partial charge on any atom is -0.495 e. The number of amides is 1. The lowest BCUT2D eigenvalue weighted by atomic mass is 9.94. The summed E-state index contributed by atoms with van der Waals surface area (Å²) in [4.78, 5) is 14.1. The van der Waals surface area contributed by atoms with E-state index < -0.39 is 80.9 Å². The maximum absolute atomic E-state index is 14.3. The number of aromatic nitrogens is 1. The van der Waals surface area contributed by atoms with E-state index in [-0.39, 0.29) is 42.7 Å². The molecule has 0 bridgehead atoms. The zero-order valence-electron chi connectivity index (χ0n) is 22.1. The van der Waals surface area contributed by atoms with Gasteiger partial charge in [-0.1, -0.05) is 11.2 Å². The summed E-state index contributed by atoms with van der Waals surface area (Å²) in [6.45, 7) is -0.898. The fourth-order valence-electron chi connectivity index (χ4n) is 5.23. The van der Waals surface area contributed by atoms with Crippen LogP contribution in [0.3, 0.4) is 0 Å². The lowest BCUT2D eigenvalue weighted by Gasteiger charge is -2.46. The summed E-state index contributed by atoms with van der Waals surface area (Å²) in [5.41, 5.74) is -4.63. The van der Waals surface area contributed by atoms with Crippen LogP contribution < -0.4 is 9.64 Å². The second kappa shape index (κ2) is 11.1. The summed E-state index contributed by atoms with van der Waals surface area (Å²) < 4.78 is 140. The molecule has 3 aromatic rings. The van der Waals surface area contributed by atoms with Crippen molar-refractivity contribution in [2.24, 2.45) is 0 Å². The topological polar surface area (TPSA) is 102 Å². The van der Waals surface area contributed by atoms with Gasteiger partial charge in [0, 0.05) is 19.2 Å². The number of alkyl halides is 6. The Labute approximate surface area is 239 Å². The number of halogens is 7. The molecule has 2 aliphatic heterocycles. The molecule has 43 heavy (non-hydrogen) atoms. The smallest absolute Gasteiger partial charge is 0.419 e. The quantitative estimate of drug-likeness (QED) is 0.356. The molecule has 2 aliphatic rings. The van der Waals surface area contributed by atoms with Gasteiger partial charge in [-0.2, -0.15) is 30.6 Å². The maximum atomic E-state index is 14.3. The normalized spacial score (nSPS) is 20.3. The molecular formula is C26H22F7N3O6S. The summed E-state index contributed by atoms with van der Waals surface area (Å²) in [7, 11) is -2.80. The van der Waals surface area contributed by atoms with Gasteiger partial charge in [0.25, 0.3) is 5.91 Å². The van der Waals surface area contributed by atoms with Crippen LogP contribution in [0.4, 0.5) is 36.4 Å². The highest BCUT2D eigenvalue weighted by molar-refractivity contribution is 7.88. The fourth-order valence-corrected chi connectivity index (χ4v) is 6.69. The molecule has 0 N–H and O–H groups in total. The molecule has 3 heterocycles. The molecule has 5 rings (SSSR count). The molecule has 0 unspecified atom stereocenters. The molecule has 0 saturated carbocycles. The van der Waals surface area contributed by atoms with E-state index in [1.54, 1.807) is 0 Å². The molecule has 2 aromatic carbocycles. The van der Waals surface area contributed by atoms with E-state index in [0.29, 0.717) is 12.1 Å². The van der Waals surface area contributed by atoms with E-state index >= 15 is 0 Å². The van der Waals surface area contributed by atoms with Crippen LogP contribution in [0.15, 0.2) is 47.2 Å². The Hall–Kier alpha value is -3.70. The maximum Gasteiger partial charge on any atom is 0.419 e. The zero-order valence-corrected chi connectivity index (χ0v) is 22.9. The van der Waals surface area contributed by atoms with Crippen molar-refractivity contribution in [1.29, 1.82) is 0 Å². The van der Waals surface area contributed by atoms with Crippen molar-refractivity contribution in [3.05, 3.63) is 65.3 Å². The average Bonchev–Trinajstić information content (AvgIpc) is 3.43. The summed E-state index contributed by atoms with van der Waals surface area (Å²) in [5, 5.41) is 3.59. The number of carbonyl (C=O) groups is 1. The number of sulfonamides is 1. The van der Waals surface area contributed by atoms with Gasteiger partial charge in [-0.05, 0) is 41.8 Å². The van der Waals surface area contributed by atoms with Crippen LogP contribution in [0.25, 0.3) is 11.1 Å². The first kappa shape index (κ1) is 30.7. The van der Waals surface area contributed by atoms with Crippen molar-refractivity contribution >= 4 is 21.6 Å². The van der Waals surface area contributed by atoms with Crippen molar-refractivity contribution in [3.8, 4) is 16.9 Å². The van der Waals surface area contributed by atoms with Crippen molar-refractivity contribution in [2.45, 2.75) is 36.7 Å². The Morgan fingerprint density at radius 3 is 2.40 bits per heavy atom. The summed E-state index contributed by atoms with van der Waals surface area (Å²) in [6, 6.07) is 3.36. The number of fused-ring (bicyclic) bond motifs is 1. The van der Waals surface area contributed by atoms with Crippen LogP contribution >= 0.6 is 0 Å². The van der Waals surface area contributed by atoms with Gasteiger partial charge >= 0.3 is 12.4 Å². The van der Waals surface area contributed by atoms with Gasteiger partial charge in [-0.15, -0.1) is 0 Å². The van der Waals surface area contributed by atoms with Crippen LogP contribution in [-0.2, 0) is 37.7 Å². The van der Waals surface area contributed by atoms with Crippen molar-refractivity contribution in [1.82, 2.24) is 9.46 Å². The van der Waals surface area contributed by atoms with Gasteiger partial charge in [0.15, 0.2) is 0 Å². The first-order chi connectivity index (χ1) is 20.1. The third-order valence-electron chi connectivity index (χ3n) is 7.19. The van der Waals surface area contributed by atoms with E-state index in [1.165, 1.54) is 12.3 Å². The minimum absolute atomic E-state index is 0.0202. The summed E-state index contributed by atoms with van der Waals surface area (Å²) >= 11 is 0. The summed E-state index contributed by atoms with van der Waals surface area (Å²) in [6.07, 6.45) is -10.0. The molecule has 2 fully saturated rings. The Morgan fingerprint density at radius 2 is 1.77 bits per heavy atom. The van der Waals surface area contributed by atoms with Gasteiger partial charge in [-0.25, -0.2) is 12.8 Å². The molecular weight excluding hydrogens is 615 g/mol. The van der Waals surface area contributed by atoms with Crippen LogP contribution in [0.2, 0.25) is 0 Å². The van der Waals surface area contributed by atoms with Gasteiger partial charge in [0.1, 0.15) is 30.2 Å². The largest absolute Gasteiger partial charge is 0.495 e. The monoisotopic (exact) mass is 637 g/mol. The van der Waals surface area contributed by atoms with E-state index in [2.05, 4.69) is 9.68 Å². The third kappa shape index (κ3) is 6.05. The van der Waals surface area contributed by atoms with Gasteiger partial charge in [-0.3, -0.25) is 4.79 Å². The second-order valence-corrected chi connectivity index (χ2v) is 11.8. The molecule has 9 nitrogen and oxygen atoms in total. The first-order valence-electron chi connectivity index (χ1n) is 12.6. The number of piperidine rings is 1. The number of anilines is 1. The van der Waals surface area contributed by atoms with Crippen LogP contribution in [0.1, 0.15) is 23.2 Å². The van der Waals surface area contributed by atoms with E-state index in [9.17, 15) is 43.9 Å². The van der Waals surface area contributed by atoms with Gasteiger partial charge < -0.3 is 18.9 Å². The number of ether oxygens (including phenoxy) is 2. The van der Waals surface area contributed by atoms with Crippen LogP contribution in [0.5, 0.6) is 5.75 Å². The van der Waals surface area contributed by atoms with Crippen LogP contribution in [0, 0.1) is 5.82 Å². The first-order valence-corrected chi connectivity index (χ1v) is 14.2. The number of hydrogen-bond acceptors (Lipinski definition) is 7. The Bertz CT molecular complexity index is 1630. The Morgan fingerprint density at radius 1 is 1.05 bits per heavy atom. The van der Waals surface area contributed by atoms with Crippen LogP contribution in [-0.4, -0.2) is 62.7 Å². The second-order valence-electron chi connectivity index (χ2n) is 9.83. The highest BCUT2D eigenvalue weighted by Gasteiger charge is 2.46.